The molecule has 21 heavy (non-hydrogen) atoms. The van der Waals surface area contributed by atoms with Gasteiger partial charge in [-0.1, -0.05) is 60.7 Å². The van der Waals surface area contributed by atoms with Gasteiger partial charge in [0, 0.05) is 19.2 Å². The van der Waals surface area contributed by atoms with Crippen molar-refractivity contribution in [3.63, 3.8) is 0 Å². The first-order chi connectivity index (χ1) is 10.4. The van der Waals surface area contributed by atoms with Gasteiger partial charge in [-0.2, -0.15) is 0 Å². The van der Waals surface area contributed by atoms with Crippen molar-refractivity contribution in [2.45, 2.75) is 31.3 Å². The van der Waals surface area contributed by atoms with Crippen LogP contribution in [0.25, 0.3) is 0 Å². The average Bonchev–Trinajstić information content (AvgIpc) is 2.98. The van der Waals surface area contributed by atoms with Crippen molar-refractivity contribution in [3.8, 4) is 0 Å². The molecule has 2 aromatic rings. The second-order valence-electron chi connectivity index (χ2n) is 5.99. The lowest BCUT2D eigenvalue weighted by molar-refractivity contribution is 0.215. The van der Waals surface area contributed by atoms with E-state index in [0.29, 0.717) is 17.9 Å². The van der Waals surface area contributed by atoms with E-state index in [1.54, 1.807) is 0 Å². The molecule has 1 aliphatic carbocycles. The summed E-state index contributed by atoms with van der Waals surface area (Å²) in [4.78, 5) is 0. The molecule has 1 aliphatic rings. The van der Waals surface area contributed by atoms with Gasteiger partial charge in [-0.3, -0.25) is 0 Å². The molecular formula is C19H23NO. The number of aliphatic hydroxyl groups excluding tert-OH is 1. The molecule has 0 bridgehead atoms. The molecule has 3 rings (SSSR count). The third-order valence-corrected chi connectivity index (χ3v) is 4.59. The molecule has 110 valence electrons. The highest BCUT2D eigenvalue weighted by Gasteiger charge is 2.34. The van der Waals surface area contributed by atoms with Gasteiger partial charge in [-0.15, -0.1) is 0 Å². The molecule has 0 heterocycles. The highest BCUT2D eigenvalue weighted by molar-refractivity contribution is 5.22. The summed E-state index contributed by atoms with van der Waals surface area (Å²) < 4.78 is 0. The normalized spacial score (nSPS) is 25.1. The van der Waals surface area contributed by atoms with Crippen LogP contribution in [0.2, 0.25) is 0 Å². The smallest absolute Gasteiger partial charge is 0.0465 e. The summed E-state index contributed by atoms with van der Waals surface area (Å²) in [5.74, 6) is 0.852. The van der Waals surface area contributed by atoms with E-state index in [1.165, 1.54) is 11.1 Å². The molecule has 3 unspecified atom stereocenters. The molecule has 3 atom stereocenters. The standard InChI is InChI=1S/C19H23NO/c21-14-17-11-18(20-13-15-7-3-1-4-8-15)12-19(17)16-9-5-2-6-10-16/h1-10,17-21H,11-14H2. The largest absolute Gasteiger partial charge is 0.396 e. The molecule has 0 aromatic heterocycles. The van der Waals surface area contributed by atoms with Crippen molar-refractivity contribution in [3.05, 3.63) is 71.8 Å². The maximum Gasteiger partial charge on any atom is 0.0465 e. The van der Waals surface area contributed by atoms with Crippen molar-refractivity contribution in [2.75, 3.05) is 6.61 Å². The SMILES string of the molecule is OCC1CC(NCc2ccccc2)CC1c1ccccc1. The van der Waals surface area contributed by atoms with Gasteiger partial charge in [0.2, 0.25) is 0 Å². The number of rotatable bonds is 5. The van der Waals surface area contributed by atoms with Gasteiger partial charge in [0.25, 0.3) is 0 Å². The summed E-state index contributed by atoms with van der Waals surface area (Å²) in [5.41, 5.74) is 2.68. The predicted octanol–water partition coefficient (Wildman–Crippen LogP) is 3.33. The van der Waals surface area contributed by atoms with Crippen molar-refractivity contribution in [1.29, 1.82) is 0 Å². The minimum absolute atomic E-state index is 0.281. The van der Waals surface area contributed by atoms with Crippen LogP contribution < -0.4 is 5.32 Å². The van der Waals surface area contributed by atoms with Crippen LogP contribution >= 0.6 is 0 Å². The Morgan fingerprint density at radius 3 is 2.24 bits per heavy atom. The van der Waals surface area contributed by atoms with E-state index in [9.17, 15) is 5.11 Å². The molecule has 0 aliphatic heterocycles. The quantitative estimate of drug-likeness (QED) is 0.881. The van der Waals surface area contributed by atoms with E-state index in [1.807, 2.05) is 6.07 Å². The van der Waals surface area contributed by atoms with Crippen LogP contribution in [-0.2, 0) is 6.54 Å². The van der Waals surface area contributed by atoms with E-state index in [-0.39, 0.29) is 6.61 Å². The summed E-state index contributed by atoms with van der Waals surface area (Å²) in [6.45, 7) is 1.19. The highest BCUT2D eigenvalue weighted by atomic mass is 16.3. The van der Waals surface area contributed by atoms with Crippen molar-refractivity contribution in [2.24, 2.45) is 5.92 Å². The van der Waals surface area contributed by atoms with Crippen molar-refractivity contribution in [1.82, 2.24) is 5.32 Å². The molecule has 2 nitrogen and oxygen atoms in total. The lowest BCUT2D eigenvalue weighted by Gasteiger charge is -2.17. The van der Waals surface area contributed by atoms with Gasteiger partial charge in [-0.25, -0.2) is 0 Å². The zero-order valence-electron chi connectivity index (χ0n) is 12.3. The van der Waals surface area contributed by atoms with Crippen molar-refractivity contribution >= 4 is 0 Å². The predicted molar refractivity (Wildman–Crippen MR) is 86.1 cm³/mol. The Kier molecular flexibility index (Phi) is 4.69. The average molecular weight is 281 g/mol. The maximum absolute atomic E-state index is 9.67. The van der Waals surface area contributed by atoms with Crippen molar-refractivity contribution < 1.29 is 5.11 Å². The Morgan fingerprint density at radius 2 is 1.57 bits per heavy atom. The Balaban J connectivity index is 1.62. The molecule has 2 aromatic carbocycles. The van der Waals surface area contributed by atoms with Gasteiger partial charge in [-0.05, 0) is 35.8 Å². The van der Waals surface area contributed by atoms with Crippen LogP contribution in [0.4, 0.5) is 0 Å². The monoisotopic (exact) mass is 281 g/mol. The summed E-state index contributed by atoms with van der Waals surface area (Å²) >= 11 is 0. The first-order valence-electron chi connectivity index (χ1n) is 7.80. The number of aliphatic hydroxyl groups is 1. The Labute approximate surface area is 126 Å². The zero-order chi connectivity index (χ0) is 14.5. The lowest BCUT2D eigenvalue weighted by Crippen LogP contribution is -2.26. The number of benzene rings is 2. The lowest BCUT2D eigenvalue weighted by atomic mass is 9.89. The van der Waals surface area contributed by atoms with Crippen LogP contribution in [0.3, 0.4) is 0 Å². The minimum Gasteiger partial charge on any atom is -0.396 e. The third-order valence-electron chi connectivity index (χ3n) is 4.59. The number of hydrogen-bond acceptors (Lipinski definition) is 2. The first-order valence-corrected chi connectivity index (χ1v) is 7.80. The van der Waals surface area contributed by atoms with Gasteiger partial charge < -0.3 is 10.4 Å². The molecule has 0 amide bonds. The molecule has 0 spiro atoms. The van der Waals surface area contributed by atoms with Gasteiger partial charge >= 0.3 is 0 Å². The Morgan fingerprint density at radius 1 is 0.905 bits per heavy atom. The fourth-order valence-electron chi connectivity index (χ4n) is 3.46. The number of nitrogens with one attached hydrogen (secondary N) is 1. The molecule has 1 fully saturated rings. The Hall–Kier alpha value is -1.64. The van der Waals surface area contributed by atoms with Gasteiger partial charge in [0.15, 0.2) is 0 Å². The van der Waals surface area contributed by atoms with E-state index in [0.717, 1.165) is 19.4 Å². The third kappa shape index (κ3) is 3.52. The Bertz CT molecular complexity index is 540. The van der Waals surface area contributed by atoms with Gasteiger partial charge in [0.1, 0.15) is 0 Å². The maximum atomic E-state index is 9.67. The van der Waals surface area contributed by atoms with E-state index in [4.69, 9.17) is 0 Å². The second kappa shape index (κ2) is 6.88. The van der Waals surface area contributed by atoms with Crippen LogP contribution in [0.5, 0.6) is 0 Å². The summed E-state index contributed by atoms with van der Waals surface area (Å²) in [6, 6.07) is 21.6. The van der Waals surface area contributed by atoms with E-state index in [2.05, 4.69) is 59.9 Å². The zero-order valence-corrected chi connectivity index (χ0v) is 12.3. The molecule has 0 saturated heterocycles. The van der Waals surface area contributed by atoms with E-state index >= 15 is 0 Å². The fourth-order valence-corrected chi connectivity index (χ4v) is 3.46. The highest BCUT2D eigenvalue weighted by Crippen LogP contribution is 2.39. The molecule has 1 saturated carbocycles. The molecule has 2 N–H and O–H groups in total. The molecule has 2 heteroatoms. The van der Waals surface area contributed by atoms with Crippen LogP contribution in [-0.4, -0.2) is 17.8 Å². The summed E-state index contributed by atoms with van der Waals surface area (Å²) in [6.07, 6.45) is 2.17. The van der Waals surface area contributed by atoms with Crippen LogP contribution in [0, 0.1) is 5.92 Å². The van der Waals surface area contributed by atoms with Crippen LogP contribution in [0.1, 0.15) is 29.9 Å². The minimum atomic E-state index is 0.281. The van der Waals surface area contributed by atoms with E-state index < -0.39 is 0 Å². The van der Waals surface area contributed by atoms with Gasteiger partial charge in [0.05, 0.1) is 0 Å². The topological polar surface area (TPSA) is 32.3 Å². The molecular weight excluding hydrogens is 258 g/mol. The second-order valence-corrected chi connectivity index (χ2v) is 5.99. The summed E-state index contributed by atoms with van der Waals surface area (Å²) in [5, 5.41) is 13.3. The van der Waals surface area contributed by atoms with Crippen LogP contribution in [0.15, 0.2) is 60.7 Å². The first kappa shape index (κ1) is 14.3. The summed E-state index contributed by atoms with van der Waals surface area (Å²) in [7, 11) is 0. The number of hydrogen-bond donors (Lipinski definition) is 2. The molecule has 0 radical (unpaired) electrons. The fraction of sp³-hybridized carbons (Fsp3) is 0.368.